The molecule has 1 saturated heterocycles. The molecule has 0 aromatic rings. The fourth-order valence-electron chi connectivity index (χ4n) is 3.02. The largest absolute Gasteiger partial charge is 0.338 e. The third-order valence-electron chi connectivity index (χ3n) is 4.48. The summed E-state index contributed by atoms with van der Waals surface area (Å²) in [6, 6.07) is 1.15. The zero-order valence-corrected chi connectivity index (χ0v) is 11.4. The molecule has 2 rings (SSSR count). The van der Waals surface area contributed by atoms with E-state index in [4.69, 9.17) is 0 Å². The zero-order valence-electron chi connectivity index (χ0n) is 11.4. The van der Waals surface area contributed by atoms with E-state index in [0.29, 0.717) is 23.9 Å². The van der Waals surface area contributed by atoms with E-state index in [1.165, 1.54) is 25.7 Å². The quantitative estimate of drug-likeness (QED) is 0.769. The molecule has 98 valence electrons. The van der Waals surface area contributed by atoms with Crippen LogP contribution in [-0.4, -0.2) is 35.5 Å². The van der Waals surface area contributed by atoms with Crippen LogP contribution in [0.3, 0.4) is 0 Å². The summed E-state index contributed by atoms with van der Waals surface area (Å²) in [5.74, 6) is 0.995. The van der Waals surface area contributed by atoms with Gasteiger partial charge in [0.2, 0.25) is 5.91 Å². The summed E-state index contributed by atoms with van der Waals surface area (Å²) in [5, 5.41) is 3.47. The molecule has 1 amide bonds. The molecule has 1 aliphatic heterocycles. The summed E-state index contributed by atoms with van der Waals surface area (Å²) in [5.41, 5.74) is 0. The molecule has 1 aliphatic carbocycles. The van der Waals surface area contributed by atoms with Crippen molar-refractivity contribution in [3.8, 4) is 0 Å². The Kier molecular flexibility index (Phi) is 4.08. The average Bonchev–Trinajstić information content (AvgIpc) is 3.06. The van der Waals surface area contributed by atoms with E-state index in [2.05, 4.69) is 31.0 Å². The fraction of sp³-hybridized carbons (Fsp3) is 0.929. The fourth-order valence-corrected chi connectivity index (χ4v) is 3.02. The van der Waals surface area contributed by atoms with E-state index in [1.807, 2.05) is 0 Å². The van der Waals surface area contributed by atoms with E-state index in [1.54, 1.807) is 0 Å². The molecule has 0 spiro atoms. The van der Waals surface area contributed by atoms with Crippen LogP contribution in [0.2, 0.25) is 0 Å². The average molecular weight is 238 g/mol. The highest BCUT2D eigenvalue weighted by molar-refractivity contribution is 5.84. The van der Waals surface area contributed by atoms with Crippen LogP contribution < -0.4 is 5.32 Å². The van der Waals surface area contributed by atoms with Crippen LogP contribution in [0.4, 0.5) is 0 Å². The lowest BCUT2D eigenvalue weighted by atomic mass is 9.94. The molecular formula is C14H26N2O. The molecule has 3 nitrogen and oxygen atoms in total. The highest BCUT2D eigenvalue weighted by Gasteiger charge is 2.38. The van der Waals surface area contributed by atoms with Gasteiger partial charge in [-0.15, -0.1) is 0 Å². The lowest BCUT2D eigenvalue weighted by Crippen LogP contribution is -2.44. The van der Waals surface area contributed by atoms with Crippen molar-refractivity contribution >= 4 is 5.91 Å². The normalized spacial score (nSPS) is 26.9. The summed E-state index contributed by atoms with van der Waals surface area (Å²) in [7, 11) is 0. The van der Waals surface area contributed by atoms with Gasteiger partial charge in [-0.25, -0.2) is 0 Å². The van der Waals surface area contributed by atoms with Gasteiger partial charge in [-0.2, -0.15) is 0 Å². The van der Waals surface area contributed by atoms with Gasteiger partial charge < -0.3 is 10.2 Å². The molecule has 1 saturated carbocycles. The molecule has 0 aromatic carbocycles. The Morgan fingerprint density at radius 2 is 1.94 bits per heavy atom. The highest BCUT2D eigenvalue weighted by atomic mass is 16.2. The molecule has 1 heterocycles. The highest BCUT2D eigenvalue weighted by Crippen LogP contribution is 2.26. The molecule has 3 heteroatoms. The Hall–Kier alpha value is -0.570. The second kappa shape index (κ2) is 5.38. The first-order valence-corrected chi connectivity index (χ1v) is 7.23. The maximum atomic E-state index is 12.3. The maximum absolute atomic E-state index is 12.3. The molecule has 2 fully saturated rings. The van der Waals surface area contributed by atoms with Gasteiger partial charge in [-0.3, -0.25) is 4.79 Å². The minimum absolute atomic E-state index is 0.110. The summed E-state index contributed by atoms with van der Waals surface area (Å²) in [4.78, 5) is 14.4. The van der Waals surface area contributed by atoms with Crippen molar-refractivity contribution < 1.29 is 4.79 Å². The monoisotopic (exact) mass is 238 g/mol. The van der Waals surface area contributed by atoms with Crippen molar-refractivity contribution in [2.45, 2.75) is 71.0 Å². The second-order valence-electron chi connectivity index (χ2n) is 5.63. The Labute approximate surface area is 105 Å². The van der Waals surface area contributed by atoms with Gasteiger partial charge in [-0.05, 0) is 32.1 Å². The van der Waals surface area contributed by atoms with E-state index in [0.717, 1.165) is 13.0 Å². The summed E-state index contributed by atoms with van der Waals surface area (Å²) in [6.45, 7) is 7.62. The molecular weight excluding hydrogens is 212 g/mol. The smallest absolute Gasteiger partial charge is 0.240 e. The number of likely N-dealkylation sites (tertiary alicyclic amines) is 1. The molecule has 2 aliphatic rings. The Morgan fingerprint density at radius 3 is 2.47 bits per heavy atom. The zero-order chi connectivity index (χ0) is 12.4. The number of amides is 1. The SMILES string of the molecule is CCC(CC)C(C)N1CCC(NC2CC2)C1=O. The van der Waals surface area contributed by atoms with Crippen LogP contribution in [0.5, 0.6) is 0 Å². The number of hydrogen-bond donors (Lipinski definition) is 1. The molecule has 0 aromatic heterocycles. The molecule has 2 atom stereocenters. The van der Waals surface area contributed by atoms with Crippen LogP contribution in [-0.2, 0) is 4.79 Å². The van der Waals surface area contributed by atoms with Crippen LogP contribution in [0.1, 0.15) is 52.9 Å². The standard InChI is InChI=1S/C14H26N2O/c1-4-11(5-2)10(3)16-9-8-13(14(16)17)15-12-6-7-12/h10-13,15H,4-9H2,1-3H3. The van der Waals surface area contributed by atoms with Gasteiger partial charge in [0.1, 0.15) is 0 Å². The lowest BCUT2D eigenvalue weighted by Gasteiger charge is -2.31. The Bertz CT molecular complexity index is 271. The van der Waals surface area contributed by atoms with Gasteiger partial charge in [-0.1, -0.05) is 26.7 Å². The van der Waals surface area contributed by atoms with Gasteiger partial charge in [0.05, 0.1) is 6.04 Å². The van der Waals surface area contributed by atoms with Gasteiger partial charge in [0.15, 0.2) is 0 Å². The third kappa shape index (κ3) is 2.82. The lowest BCUT2D eigenvalue weighted by molar-refractivity contribution is -0.132. The van der Waals surface area contributed by atoms with Gasteiger partial charge in [0.25, 0.3) is 0 Å². The summed E-state index contributed by atoms with van der Waals surface area (Å²) in [6.07, 6.45) is 5.85. The molecule has 0 radical (unpaired) electrons. The van der Waals surface area contributed by atoms with Gasteiger partial charge in [0, 0.05) is 18.6 Å². The first-order chi connectivity index (χ1) is 8.17. The molecule has 0 bridgehead atoms. The number of nitrogens with one attached hydrogen (secondary N) is 1. The van der Waals surface area contributed by atoms with Crippen LogP contribution in [0, 0.1) is 5.92 Å². The van der Waals surface area contributed by atoms with Crippen molar-refractivity contribution in [1.29, 1.82) is 0 Å². The van der Waals surface area contributed by atoms with E-state index in [9.17, 15) is 4.79 Å². The summed E-state index contributed by atoms with van der Waals surface area (Å²) >= 11 is 0. The van der Waals surface area contributed by atoms with E-state index in [-0.39, 0.29) is 6.04 Å². The number of rotatable bonds is 6. The predicted octanol–water partition coefficient (Wildman–Crippen LogP) is 2.16. The van der Waals surface area contributed by atoms with Crippen LogP contribution in [0.15, 0.2) is 0 Å². The van der Waals surface area contributed by atoms with E-state index >= 15 is 0 Å². The first kappa shape index (κ1) is 12.9. The minimum atomic E-state index is 0.110. The number of hydrogen-bond acceptors (Lipinski definition) is 2. The molecule has 1 N–H and O–H groups in total. The third-order valence-corrected chi connectivity index (χ3v) is 4.48. The van der Waals surface area contributed by atoms with Crippen molar-refractivity contribution in [1.82, 2.24) is 10.2 Å². The molecule has 2 unspecified atom stereocenters. The minimum Gasteiger partial charge on any atom is -0.338 e. The van der Waals surface area contributed by atoms with Crippen molar-refractivity contribution in [3.63, 3.8) is 0 Å². The number of carbonyl (C=O) groups excluding carboxylic acids is 1. The van der Waals surface area contributed by atoms with Crippen molar-refractivity contribution in [2.75, 3.05) is 6.54 Å². The van der Waals surface area contributed by atoms with Crippen molar-refractivity contribution in [2.24, 2.45) is 5.92 Å². The van der Waals surface area contributed by atoms with Gasteiger partial charge >= 0.3 is 0 Å². The van der Waals surface area contributed by atoms with Crippen LogP contribution >= 0.6 is 0 Å². The number of nitrogens with zero attached hydrogens (tertiary/aromatic N) is 1. The van der Waals surface area contributed by atoms with Crippen molar-refractivity contribution in [3.05, 3.63) is 0 Å². The predicted molar refractivity (Wildman–Crippen MR) is 69.8 cm³/mol. The topological polar surface area (TPSA) is 32.3 Å². The number of carbonyl (C=O) groups is 1. The first-order valence-electron chi connectivity index (χ1n) is 7.23. The Morgan fingerprint density at radius 1 is 1.29 bits per heavy atom. The van der Waals surface area contributed by atoms with E-state index < -0.39 is 0 Å². The Balaban J connectivity index is 1.90. The second-order valence-corrected chi connectivity index (χ2v) is 5.63. The molecule has 17 heavy (non-hydrogen) atoms. The maximum Gasteiger partial charge on any atom is 0.240 e. The summed E-state index contributed by atoms with van der Waals surface area (Å²) < 4.78 is 0. The van der Waals surface area contributed by atoms with Crippen LogP contribution in [0.25, 0.3) is 0 Å².